The molecule has 1 heterocycles. The van der Waals surface area contributed by atoms with Gasteiger partial charge in [0.15, 0.2) is 5.78 Å². The number of carbonyl (C=O) groups is 1. The topological polar surface area (TPSA) is 20.3 Å². The van der Waals surface area contributed by atoms with Gasteiger partial charge in [-0.15, -0.1) is 0 Å². The summed E-state index contributed by atoms with van der Waals surface area (Å²) in [5, 5.41) is 0. The summed E-state index contributed by atoms with van der Waals surface area (Å²) in [6.45, 7) is 1.02. The Labute approximate surface area is 198 Å². The van der Waals surface area contributed by atoms with Gasteiger partial charge in [0.1, 0.15) is 0 Å². The number of hydrogen-bond acceptors (Lipinski definition) is 2. The van der Waals surface area contributed by atoms with Crippen LogP contribution in [0.1, 0.15) is 33.5 Å². The lowest BCUT2D eigenvalue weighted by atomic mass is 9.96. The first kappa shape index (κ1) is 24.7. The summed E-state index contributed by atoms with van der Waals surface area (Å²) < 4.78 is 78.8. The molecule has 0 bridgehead atoms. The molecule has 0 fully saturated rings. The van der Waals surface area contributed by atoms with E-state index in [2.05, 4.69) is 0 Å². The maximum absolute atomic E-state index is 13.3. The molecule has 0 saturated carbocycles. The van der Waals surface area contributed by atoms with Gasteiger partial charge in [-0.05, 0) is 46.9 Å². The van der Waals surface area contributed by atoms with Crippen molar-refractivity contribution in [2.75, 3.05) is 19.6 Å². The van der Waals surface area contributed by atoms with Crippen molar-refractivity contribution in [1.82, 2.24) is 4.90 Å². The van der Waals surface area contributed by atoms with Crippen LogP contribution >= 0.6 is 0 Å². The summed E-state index contributed by atoms with van der Waals surface area (Å²) in [5.74, 6) is -0.184. The first-order chi connectivity index (χ1) is 16.5. The predicted octanol–water partition coefficient (Wildman–Crippen LogP) is 7.36. The standard InChI is InChI=1S/C27H21F6NO/c28-26(29,30)22-5-3-4-21(16-22)18-12-14-34(15-13-18)17-25(35)20-10-8-19(9-11-20)23-6-1-2-7-24(23)27(31,32)33/h1-12,16H,13-15,17H2. The van der Waals surface area contributed by atoms with Crippen molar-refractivity contribution < 1.29 is 31.1 Å². The van der Waals surface area contributed by atoms with Gasteiger partial charge in [0.05, 0.1) is 17.7 Å². The van der Waals surface area contributed by atoms with Crippen molar-refractivity contribution in [3.8, 4) is 11.1 Å². The second kappa shape index (κ2) is 9.70. The van der Waals surface area contributed by atoms with E-state index in [-0.39, 0.29) is 17.9 Å². The molecule has 4 rings (SSSR count). The van der Waals surface area contributed by atoms with Crippen LogP contribution in [0.3, 0.4) is 0 Å². The van der Waals surface area contributed by atoms with Gasteiger partial charge in [0.2, 0.25) is 0 Å². The highest BCUT2D eigenvalue weighted by Gasteiger charge is 2.33. The third kappa shape index (κ3) is 5.82. The number of carbonyl (C=O) groups excluding carboxylic acids is 1. The fourth-order valence-electron chi connectivity index (χ4n) is 4.12. The number of alkyl halides is 6. The number of halogens is 6. The van der Waals surface area contributed by atoms with Crippen molar-refractivity contribution in [1.29, 1.82) is 0 Å². The Balaban J connectivity index is 1.42. The number of Topliss-reactive ketones (excluding diaryl/α,β-unsaturated/α-hetero) is 1. The van der Waals surface area contributed by atoms with Gasteiger partial charge in [-0.3, -0.25) is 9.69 Å². The molecule has 3 aromatic carbocycles. The van der Waals surface area contributed by atoms with Crippen LogP contribution < -0.4 is 0 Å². The molecular weight excluding hydrogens is 468 g/mol. The molecule has 0 unspecified atom stereocenters. The molecule has 0 aliphatic carbocycles. The number of ketones is 1. The van der Waals surface area contributed by atoms with E-state index >= 15 is 0 Å². The summed E-state index contributed by atoms with van der Waals surface area (Å²) in [6, 6.07) is 16.5. The average molecular weight is 489 g/mol. The molecule has 0 amide bonds. The van der Waals surface area contributed by atoms with Crippen LogP contribution in [-0.2, 0) is 12.4 Å². The Morgan fingerprint density at radius 2 is 1.51 bits per heavy atom. The third-order valence-electron chi connectivity index (χ3n) is 5.97. The molecule has 1 aliphatic rings. The van der Waals surface area contributed by atoms with Gasteiger partial charge < -0.3 is 0 Å². The summed E-state index contributed by atoms with van der Waals surface area (Å²) in [4.78, 5) is 14.6. The zero-order valence-corrected chi connectivity index (χ0v) is 18.5. The quantitative estimate of drug-likeness (QED) is 0.276. The minimum absolute atomic E-state index is 0.0438. The summed E-state index contributed by atoms with van der Waals surface area (Å²) in [5.41, 5.74) is 0.660. The van der Waals surface area contributed by atoms with Crippen LogP contribution in [0.25, 0.3) is 16.7 Å². The largest absolute Gasteiger partial charge is 0.417 e. The smallest absolute Gasteiger partial charge is 0.293 e. The molecule has 8 heteroatoms. The van der Waals surface area contributed by atoms with Crippen LogP contribution in [0, 0.1) is 0 Å². The number of nitrogens with zero attached hydrogens (tertiary/aromatic N) is 1. The van der Waals surface area contributed by atoms with E-state index in [1.54, 1.807) is 6.07 Å². The number of rotatable bonds is 5. The minimum Gasteiger partial charge on any atom is -0.293 e. The first-order valence-electron chi connectivity index (χ1n) is 10.9. The van der Waals surface area contributed by atoms with E-state index in [9.17, 15) is 31.1 Å². The highest BCUT2D eigenvalue weighted by atomic mass is 19.4. The molecule has 1 aliphatic heterocycles. The molecule has 0 radical (unpaired) electrons. The number of benzene rings is 3. The van der Waals surface area contributed by atoms with Crippen molar-refractivity contribution in [3.63, 3.8) is 0 Å². The van der Waals surface area contributed by atoms with Crippen molar-refractivity contribution in [2.45, 2.75) is 18.8 Å². The van der Waals surface area contributed by atoms with E-state index in [4.69, 9.17) is 0 Å². The Morgan fingerprint density at radius 1 is 0.800 bits per heavy atom. The Kier molecular flexibility index (Phi) is 6.85. The molecule has 0 spiro atoms. The molecule has 0 aromatic heterocycles. The summed E-state index contributed by atoms with van der Waals surface area (Å²) >= 11 is 0. The van der Waals surface area contributed by atoms with Crippen molar-refractivity contribution in [3.05, 3.63) is 101 Å². The van der Waals surface area contributed by atoms with Crippen LogP contribution in [0.2, 0.25) is 0 Å². The zero-order valence-electron chi connectivity index (χ0n) is 18.5. The lowest BCUT2D eigenvalue weighted by molar-refractivity contribution is -0.138. The SMILES string of the molecule is O=C(CN1CC=C(c2cccc(C(F)(F)F)c2)CC1)c1ccc(-c2ccccc2C(F)(F)F)cc1. The lowest BCUT2D eigenvalue weighted by Gasteiger charge is -2.26. The molecule has 35 heavy (non-hydrogen) atoms. The molecular formula is C27H21F6NO. The summed E-state index contributed by atoms with van der Waals surface area (Å²) in [7, 11) is 0. The normalized spacial score (nSPS) is 15.1. The van der Waals surface area contributed by atoms with E-state index in [0.29, 0.717) is 36.2 Å². The van der Waals surface area contributed by atoms with E-state index in [1.807, 2.05) is 11.0 Å². The number of hydrogen-bond donors (Lipinski definition) is 0. The Bertz CT molecular complexity index is 1240. The van der Waals surface area contributed by atoms with Gasteiger partial charge in [-0.2, -0.15) is 26.3 Å². The highest BCUT2D eigenvalue weighted by Crippen LogP contribution is 2.37. The Morgan fingerprint density at radius 3 is 2.14 bits per heavy atom. The maximum Gasteiger partial charge on any atom is 0.417 e. The van der Waals surface area contributed by atoms with Crippen LogP contribution in [0.15, 0.2) is 78.9 Å². The van der Waals surface area contributed by atoms with Crippen LogP contribution in [-0.4, -0.2) is 30.3 Å². The second-order valence-corrected chi connectivity index (χ2v) is 8.34. The maximum atomic E-state index is 13.3. The van der Waals surface area contributed by atoms with Gasteiger partial charge in [-0.1, -0.05) is 60.7 Å². The summed E-state index contributed by atoms with van der Waals surface area (Å²) in [6.07, 6.45) is -6.57. The highest BCUT2D eigenvalue weighted by molar-refractivity contribution is 5.98. The minimum atomic E-state index is -4.49. The predicted molar refractivity (Wildman–Crippen MR) is 122 cm³/mol. The average Bonchev–Trinajstić information content (AvgIpc) is 2.84. The van der Waals surface area contributed by atoms with Crippen LogP contribution in [0.5, 0.6) is 0 Å². The van der Waals surface area contributed by atoms with Gasteiger partial charge >= 0.3 is 12.4 Å². The van der Waals surface area contributed by atoms with E-state index < -0.39 is 23.5 Å². The van der Waals surface area contributed by atoms with E-state index in [0.717, 1.165) is 23.8 Å². The molecule has 0 saturated heterocycles. The lowest BCUT2D eigenvalue weighted by Crippen LogP contribution is -2.33. The molecule has 182 valence electrons. The first-order valence-corrected chi connectivity index (χ1v) is 10.9. The molecule has 3 aromatic rings. The van der Waals surface area contributed by atoms with Gasteiger partial charge in [-0.25, -0.2) is 0 Å². The Hall–Kier alpha value is -3.39. The molecule has 2 nitrogen and oxygen atoms in total. The second-order valence-electron chi connectivity index (χ2n) is 8.34. The molecule has 0 N–H and O–H groups in total. The fraction of sp³-hybridized carbons (Fsp3) is 0.222. The van der Waals surface area contributed by atoms with Crippen LogP contribution in [0.4, 0.5) is 26.3 Å². The fourth-order valence-corrected chi connectivity index (χ4v) is 4.12. The third-order valence-corrected chi connectivity index (χ3v) is 5.97. The zero-order chi connectivity index (χ0) is 25.2. The van der Waals surface area contributed by atoms with Crippen molar-refractivity contribution >= 4 is 11.4 Å². The van der Waals surface area contributed by atoms with Gasteiger partial charge in [0, 0.05) is 18.7 Å². The molecule has 0 atom stereocenters. The van der Waals surface area contributed by atoms with E-state index in [1.165, 1.54) is 48.5 Å². The van der Waals surface area contributed by atoms with Crippen molar-refractivity contribution in [2.24, 2.45) is 0 Å². The van der Waals surface area contributed by atoms with Gasteiger partial charge in [0.25, 0.3) is 0 Å². The monoisotopic (exact) mass is 489 g/mol.